The van der Waals surface area contributed by atoms with Gasteiger partial charge in [-0.2, -0.15) is 0 Å². The summed E-state index contributed by atoms with van der Waals surface area (Å²) in [5, 5.41) is 1.11. The number of hydrogen-bond donors (Lipinski definition) is 0. The van der Waals surface area contributed by atoms with Gasteiger partial charge in [-0.15, -0.1) is 0 Å². The van der Waals surface area contributed by atoms with Crippen LogP contribution in [-0.2, 0) is 13.0 Å². The molecule has 0 radical (unpaired) electrons. The van der Waals surface area contributed by atoms with Crippen molar-refractivity contribution in [1.29, 1.82) is 0 Å². The number of pyridine rings is 1. The van der Waals surface area contributed by atoms with E-state index in [0.29, 0.717) is 6.54 Å². The Bertz CT molecular complexity index is 1170. The van der Waals surface area contributed by atoms with Crippen molar-refractivity contribution in [3.8, 4) is 11.5 Å². The molecule has 0 aliphatic rings. The number of ether oxygens (including phenoxy) is 2. The van der Waals surface area contributed by atoms with Gasteiger partial charge in [0.15, 0.2) is 0 Å². The fraction of sp³-hybridized carbons (Fsp3) is 0.304. The molecule has 0 fully saturated rings. The second-order valence-electron chi connectivity index (χ2n) is 7.05. The van der Waals surface area contributed by atoms with Crippen LogP contribution in [0.3, 0.4) is 0 Å². The van der Waals surface area contributed by atoms with Crippen LogP contribution in [-0.4, -0.2) is 28.8 Å². The minimum atomic E-state index is 0.678. The van der Waals surface area contributed by atoms with Gasteiger partial charge in [0.05, 0.1) is 38.0 Å². The second-order valence-corrected chi connectivity index (χ2v) is 7.96. The van der Waals surface area contributed by atoms with Crippen molar-refractivity contribution in [1.82, 2.24) is 14.5 Å². The first kappa shape index (κ1) is 19.7. The Hall–Kier alpha value is -2.60. The minimum absolute atomic E-state index is 0.678. The van der Waals surface area contributed by atoms with E-state index in [-0.39, 0.29) is 0 Å². The van der Waals surface area contributed by atoms with Crippen molar-refractivity contribution in [2.45, 2.75) is 32.7 Å². The Morgan fingerprint density at radius 2 is 1.90 bits per heavy atom. The van der Waals surface area contributed by atoms with E-state index in [1.54, 1.807) is 14.2 Å². The number of aromatic nitrogens is 3. The summed E-state index contributed by atoms with van der Waals surface area (Å²) in [7, 11) is 3.36. The Kier molecular flexibility index (Phi) is 5.72. The topological polar surface area (TPSA) is 49.2 Å². The molecule has 2 aromatic carbocycles. The molecule has 0 saturated carbocycles. The molecular weight excluding hydrogens is 430 g/mol. The highest BCUT2D eigenvalue weighted by atomic mass is 79.9. The van der Waals surface area contributed by atoms with Crippen LogP contribution < -0.4 is 9.47 Å². The lowest BCUT2D eigenvalue weighted by molar-refractivity contribution is 0.390. The molecule has 0 unspecified atom stereocenters. The van der Waals surface area contributed by atoms with Crippen LogP contribution in [0.15, 0.2) is 47.1 Å². The first-order valence-corrected chi connectivity index (χ1v) is 10.6. The lowest BCUT2D eigenvalue weighted by Crippen LogP contribution is -2.07. The zero-order valence-electron chi connectivity index (χ0n) is 16.9. The van der Waals surface area contributed by atoms with Gasteiger partial charge in [-0.05, 0) is 36.8 Å². The van der Waals surface area contributed by atoms with Crippen molar-refractivity contribution in [3.05, 3.63) is 58.5 Å². The van der Waals surface area contributed by atoms with E-state index in [0.717, 1.165) is 68.6 Å². The first-order valence-electron chi connectivity index (χ1n) is 9.79. The Morgan fingerprint density at radius 1 is 1.03 bits per heavy atom. The highest BCUT2D eigenvalue weighted by Gasteiger charge is 2.16. The third-order valence-corrected chi connectivity index (χ3v) is 5.68. The smallest absolute Gasteiger partial charge is 0.127 e. The van der Waals surface area contributed by atoms with Gasteiger partial charge in [0.25, 0.3) is 0 Å². The van der Waals surface area contributed by atoms with Crippen LogP contribution in [0.4, 0.5) is 0 Å². The van der Waals surface area contributed by atoms with Crippen LogP contribution in [0.25, 0.3) is 21.9 Å². The molecule has 0 aliphatic carbocycles. The van der Waals surface area contributed by atoms with Crippen molar-refractivity contribution in [2.24, 2.45) is 0 Å². The average molecular weight is 454 g/mol. The summed E-state index contributed by atoms with van der Waals surface area (Å²) in [5.41, 5.74) is 4.09. The van der Waals surface area contributed by atoms with Crippen molar-refractivity contribution in [3.63, 3.8) is 0 Å². The molecule has 150 valence electrons. The van der Waals surface area contributed by atoms with Gasteiger partial charge >= 0.3 is 0 Å². The fourth-order valence-corrected chi connectivity index (χ4v) is 4.03. The van der Waals surface area contributed by atoms with Crippen molar-refractivity contribution < 1.29 is 9.47 Å². The SMILES string of the molecule is CCCCc1nc2cnc3cc(Br)ccc3c2n1Cc1ccc(OC)cc1OC. The Balaban J connectivity index is 1.91. The quantitative estimate of drug-likeness (QED) is 0.357. The molecule has 0 spiro atoms. The molecule has 0 aliphatic heterocycles. The monoisotopic (exact) mass is 453 g/mol. The number of imidazole rings is 1. The maximum atomic E-state index is 5.64. The van der Waals surface area contributed by atoms with E-state index < -0.39 is 0 Å². The van der Waals surface area contributed by atoms with Crippen LogP contribution in [0, 0.1) is 0 Å². The predicted octanol–water partition coefficient (Wildman–Crippen LogP) is 5.76. The maximum Gasteiger partial charge on any atom is 0.127 e. The number of hydrogen-bond acceptors (Lipinski definition) is 4. The Morgan fingerprint density at radius 3 is 2.66 bits per heavy atom. The summed E-state index contributed by atoms with van der Waals surface area (Å²) in [6.45, 7) is 2.88. The van der Waals surface area contributed by atoms with Crippen LogP contribution in [0.5, 0.6) is 11.5 Å². The second kappa shape index (κ2) is 8.41. The molecule has 2 heterocycles. The van der Waals surface area contributed by atoms with E-state index >= 15 is 0 Å². The van der Waals surface area contributed by atoms with E-state index in [2.05, 4.69) is 50.6 Å². The molecular formula is C23H24BrN3O2. The van der Waals surface area contributed by atoms with Gasteiger partial charge < -0.3 is 14.0 Å². The van der Waals surface area contributed by atoms with Gasteiger partial charge in [0.1, 0.15) is 22.8 Å². The molecule has 0 atom stereocenters. The van der Waals surface area contributed by atoms with Gasteiger partial charge in [0.2, 0.25) is 0 Å². The number of fused-ring (bicyclic) bond motifs is 3. The van der Waals surface area contributed by atoms with Gasteiger partial charge in [-0.1, -0.05) is 29.3 Å². The lowest BCUT2D eigenvalue weighted by atomic mass is 10.1. The highest BCUT2D eigenvalue weighted by molar-refractivity contribution is 9.10. The number of nitrogens with zero attached hydrogens (tertiary/aromatic N) is 3. The lowest BCUT2D eigenvalue weighted by Gasteiger charge is -2.14. The van der Waals surface area contributed by atoms with E-state index in [1.165, 1.54) is 0 Å². The standard InChI is InChI=1S/C23H24BrN3O2/c1-4-5-6-22-26-20-13-25-19-11-16(24)8-10-18(19)23(20)27(22)14-15-7-9-17(28-2)12-21(15)29-3/h7-13H,4-6,14H2,1-3H3. The summed E-state index contributed by atoms with van der Waals surface area (Å²) in [6, 6.07) is 12.2. The zero-order chi connectivity index (χ0) is 20.4. The van der Waals surface area contributed by atoms with Gasteiger partial charge in [0, 0.05) is 27.9 Å². The van der Waals surface area contributed by atoms with E-state index in [4.69, 9.17) is 14.5 Å². The summed E-state index contributed by atoms with van der Waals surface area (Å²) in [6.07, 6.45) is 5.03. The van der Waals surface area contributed by atoms with E-state index in [9.17, 15) is 0 Å². The number of benzene rings is 2. The molecule has 0 bridgehead atoms. The summed E-state index contributed by atoms with van der Waals surface area (Å²) < 4.78 is 14.3. The predicted molar refractivity (Wildman–Crippen MR) is 120 cm³/mol. The van der Waals surface area contributed by atoms with Crippen molar-refractivity contribution >= 4 is 37.9 Å². The Labute approximate surface area is 178 Å². The molecule has 2 aromatic heterocycles. The summed E-state index contributed by atoms with van der Waals surface area (Å²) in [5.74, 6) is 2.68. The molecule has 0 amide bonds. The van der Waals surface area contributed by atoms with Crippen LogP contribution >= 0.6 is 15.9 Å². The molecule has 6 heteroatoms. The fourth-order valence-electron chi connectivity index (χ4n) is 3.68. The molecule has 0 N–H and O–H groups in total. The number of methoxy groups -OCH3 is 2. The average Bonchev–Trinajstić information content (AvgIpc) is 3.09. The summed E-state index contributed by atoms with van der Waals surface area (Å²) >= 11 is 3.55. The highest BCUT2D eigenvalue weighted by Crippen LogP contribution is 2.31. The van der Waals surface area contributed by atoms with Gasteiger partial charge in [-0.25, -0.2) is 4.98 Å². The number of unbranched alkanes of at least 4 members (excludes halogenated alkanes) is 1. The molecule has 29 heavy (non-hydrogen) atoms. The van der Waals surface area contributed by atoms with Crippen molar-refractivity contribution in [2.75, 3.05) is 14.2 Å². The van der Waals surface area contributed by atoms with Gasteiger partial charge in [-0.3, -0.25) is 4.98 Å². The first-order chi connectivity index (χ1) is 14.1. The third kappa shape index (κ3) is 3.81. The van der Waals surface area contributed by atoms with Crippen LogP contribution in [0.1, 0.15) is 31.2 Å². The third-order valence-electron chi connectivity index (χ3n) is 5.19. The molecule has 4 rings (SSSR count). The molecule has 0 saturated heterocycles. The molecule has 4 aromatic rings. The minimum Gasteiger partial charge on any atom is -0.497 e. The summed E-state index contributed by atoms with van der Waals surface area (Å²) in [4.78, 5) is 9.55. The maximum absolute atomic E-state index is 5.64. The van der Waals surface area contributed by atoms with E-state index in [1.807, 2.05) is 24.4 Å². The zero-order valence-corrected chi connectivity index (χ0v) is 18.5. The number of halogens is 1. The molecule has 5 nitrogen and oxygen atoms in total. The van der Waals surface area contributed by atoms with Crippen LogP contribution in [0.2, 0.25) is 0 Å². The largest absolute Gasteiger partial charge is 0.497 e. The normalized spacial score (nSPS) is 11.3. The number of aryl methyl sites for hydroxylation is 1. The number of rotatable bonds is 7.